The van der Waals surface area contributed by atoms with Gasteiger partial charge in [0.15, 0.2) is 5.69 Å². The van der Waals surface area contributed by atoms with E-state index in [9.17, 15) is 9.59 Å². The van der Waals surface area contributed by atoms with Crippen LogP contribution in [-0.2, 0) is 24.8 Å². The number of piperidine rings is 1. The normalized spacial score (nSPS) is 20.3. The van der Waals surface area contributed by atoms with Gasteiger partial charge in [0.25, 0.3) is 5.91 Å². The van der Waals surface area contributed by atoms with Crippen LogP contribution in [-0.4, -0.2) is 64.1 Å². The largest absolute Gasteiger partial charge is 0.343 e. The van der Waals surface area contributed by atoms with Gasteiger partial charge in [0.2, 0.25) is 5.91 Å². The summed E-state index contributed by atoms with van der Waals surface area (Å²) in [6, 6.07) is 0. The number of amides is 2. The van der Waals surface area contributed by atoms with Crippen LogP contribution in [0.15, 0.2) is 0 Å². The minimum absolute atomic E-state index is 0.0300. The lowest BCUT2D eigenvalue weighted by atomic mass is 9.95. The van der Waals surface area contributed by atoms with Crippen LogP contribution in [0.3, 0.4) is 0 Å². The molecule has 2 aliphatic rings. The SMILES string of the molecule is CCN(CC)C(=O)[C@@H]1CCCN(C(=O)c2nn(C)c3c2CNCC3)C1. The summed E-state index contributed by atoms with van der Waals surface area (Å²) in [7, 11) is 1.91. The monoisotopic (exact) mass is 347 g/mol. The Morgan fingerprint density at radius 3 is 2.80 bits per heavy atom. The molecular weight excluding hydrogens is 318 g/mol. The number of likely N-dealkylation sites (tertiary alicyclic amines) is 1. The maximum absolute atomic E-state index is 13.1. The minimum Gasteiger partial charge on any atom is -0.343 e. The van der Waals surface area contributed by atoms with Crippen molar-refractivity contribution in [1.29, 1.82) is 0 Å². The molecule has 0 spiro atoms. The van der Waals surface area contributed by atoms with Crippen molar-refractivity contribution >= 4 is 11.8 Å². The lowest BCUT2D eigenvalue weighted by molar-refractivity contribution is -0.136. The molecule has 1 N–H and O–H groups in total. The van der Waals surface area contributed by atoms with Crippen LogP contribution in [0.5, 0.6) is 0 Å². The smallest absolute Gasteiger partial charge is 0.274 e. The zero-order valence-electron chi connectivity index (χ0n) is 15.5. The van der Waals surface area contributed by atoms with Gasteiger partial charge in [-0.3, -0.25) is 14.3 Å². The van der Waals surface area contributed by atoms with Crippen molar-refractivity contribution in [3.63, 3.8) is 0 Å². The van der Waals surface area contributed by atoms with E-state index in [4.69, 9.17) is 0 Å². The first-order valence-electron chi connectivity index (χ1n) is 9.40. The molecule has 1 aromatic heterocycles. The summed E-state index contributed by atoms with van der Waals surface area (Å²) in [6.07, 6.45) is 2.63. The van der Waals surface area contributed by atoms with E-state index in [0.29, 0.717) is 25.3 Å². The molecule has 25 heavy (non-hydrogen) atoms. The lowest BCUT2D eigenvalue weighted by Gasteiger charge is -2.34. The van der Waals surface area contributed by atoms with Crippen LogP contribution < -0.4 is 5.32 Å². The lowest BCUT2D eigenvalue weighted by Crippen LogP contribution is -2.47. The highest BCUT2D eigenvalue weighted by atomic mass is 16.2. The van der Waals surface area contributed by atoms with Crippen molar-refractivity contribution in [2.75, 3.05) is 32.7 Å². The Morgan fingerprint density at radius 1 is 1.32 bits per heavy atom. The summed E-state index contributed by atoms with van der Waals surface area (Å²) in [5.41, 5.74) is 2.73. The molecule has 7 nitrogen and oxygen atoms in total. The van der Waals surface area contributed by atoms with E-state index in [-0.39, 0.29) is 17.7 Å². The van der Waals surface area contributed by atoms with Gasteiger partial charge in [-0.25, -0.2) is 0 Å². The van der Waals surface area contributed by atoms with Gasteiger partial charge in [-0.1, -0.05) is 0 Å². The zero-order chi connectivity index (χ0) is 18.0. The van der Waals surface area contributed by atoms with Crippen molar-refractivity contribution in [1.82, 2.24) is 24.9 Å². The minimum atomic E-state index is -0.0877. The number of rotatable bonds is 4. The Bertz CT molecular complexity index is 650. The van der Waals surface area contributed by atoms with Gasteiger partial charge in [0, 0.05) is 64.0 Å². The fourth-order valence-corrected chi connectivity index (χ4v) is 4.00. The summed E-state index contributed by atoms with van der Waals surface area (Å²) in [5, 5.41) is 7.82. The summed E-state index contributed by atoms with van der Waals surface area (Å²) >= 11 is 0. The van der Waals surface area contributed by atoms with Crippen molar-refractivity contribution in [3.05, 3.63) is 17.0 Å². The number of aryl methyl sites for hydroxylation is 1. The Hall–Kier alpha value is -1.89. The van der Waals surface area contributed by atoms with Gasteiger partial charge in [-0.05, 0) is 26.7 Å². The number of aromatic nitrogens is 2. The predicted molar refractivity (Wildman–Crippen MR) is 95.2 cm³/mol. The predicted octanol–water partition coefficient (Wildman–Crippen LogP) is 0.786. The second-order valence-electron chi connectivity index (χ2n) is 6.93. The molecule has 2 aliphatic heterocycles. The van der Waals surface area contributed by atoms with E-state index in [1.807, 2.05) is 35.4 Å². The van der Waals surface area contributed by atoms with Gasteiger partial charge in [0.1, 0.15) is 0 Å². The standard InChI is InChI=1S/C18H29N5O2/c1-4-22(5-2)17(24)13-7-6-10-23(12-13)18(25)16-14-11-19-9-8-15(14)21(3)20-16/h13,19H,4-12H2,1-3H3/t13-/m1/s1. The summed E-state index contributed by atoms with van der Waals surface area (Å²) < 4.78 is 1.84. The van der Waals surface area contributed by atoms with Crippen LogP contribution in [0.1, 0.15) is 48.4 Å². The van der Waals surface area contributed by atoms with Crippen LogP contribution in [0.2, 0.25) is 0 Å². The third-order valence-corrected chi connectivity index (χ3v) is 5.45. The zero-order valence-corrected chi connectivity index (χ0v) is 15.5. The molecule has 7 heteroatoms. The fourth-order valence-electron chi connectivity index (χ4n) is 4.00. The van der Waals surface area contributed by atoms with Crippen LogP contribution >= 0.6 is 0 Å². The third-order valence-electron chi connectivity index (χ3n) is 5.45. The third kappa shape index (κ3) is 3.42. The quantitative estimate of drug-likeness (QED) is 0.874. The number of fused-ring (bicyclic) bond motifs is 1. The number of carbonyl (C=O) groups is 2. The molecule has 0 radical (unpaired) electrons. The molecule has 1 atom stereocenters. The van der Waals surface area contributed by atoms with E-state index >= 15 is 0 Å². The average Bonchev–Trinajstić information content (AvgIpc) is 2.99. The number of hydrogen-bond acceptors (Lipinski definition) is 4. The molecule has 2 amide bonds. The van der Waals surface area contributed by atoms with Crippen LogP contribution in [0.4, 0.5) is 0 Å². The molecule has 0 bridgehead atoms. The van der Waals surface area contributed by atoms with Crippen molar-refractivity contribution in [2.45, 2.75) is 39.7 Å². The maximum Gasteiger partial charge on any atom is 0.274 e. The highest BCUT2D eigenvalue weighted by Crippen LogP contribution is 2.23. The van der Waals surface area contributed by atoms with Gasteiger partial charge in [0.05, 0.1) is 5.92 Å². The van der Waals surface area contributed by atoms with Crippen molar-refractivity contribution in [3.8, 4) is 0 Å². The molecule has 0 aliphatic carbocycles. The molecule has 0 aromatic carbocycles. The average molecular weight is 347 g/mol. The number of nitrogens with one attached hydrogen (secondary N) is 1. The first-order valence-corrected chi connectivity index (χ1v) is 9.40. The van der Waals surface area contributed by atoms with Gasteiger partial charge in [-0.2, -0.15) is 5.10 Å². The summed E-state index contributed by atoms with van der Waals surface area (Å²) in [6.45, 7) is 8.27. The van der Waals surface area contributed by atoms with Gasteiger partial charge < -0.3 is 15.1 Å². The molecular formula is C18H29N5O2. The second-order valence-corrected chi connectivity index (χ2v) is 6.93. The molecule has 3 rings (SSSR count). The van der Waals surface area contributed by atoms with Gasteiger partial charge >= 0.3 is 0 Å². The Labute approximate surface area is 149 Å². The molecule has 3 heterocycles. The van der Waals surface area contributed by atoms with E-state index in [0.717, 1.165) is 50.2 Å². The number of nitrogens with zero attached hydrogens (tertiary/aromatic N) is 4. The van der Waals surface area contributed by atoms with E-state index in [1.165, 1.54) is 0 Å². The Kier molecular flexibility index (Phi) is 5.42. The molecule has 138 valence electrons. The van der Waals surface area contributed by atoms with Crippen molar-refractivity contribution in [2.24, 2.45) is 13.0 Å². The fraction of sp³-hybridized carbons (Fsp3) is 0.722. The number of carbonyl (C=O) groups excluding carboxylic acids is 2. The van der Waals surface area contributed by atoms with E-state index in [1.54, 1.807) is 0 Å². The Morgan fingerprint density at radius 2 is 2.08 bits per heavy atom. The van der Waals surface area contributed by atoms with Crippen molar-refractivity contribution < 1.29 is 9.59 Å². The van der Waals surface area contributed by atoms with Crippen LogP contribution in [0, 0.1) is 5.92 Å². The molecule has 0 saturated carbocycles. The molecule has 1 saturated heterocycles. The van der Waals surface area contributed by atoms with Gasteiger partial charge in [-0.15, -0.1) is 0 Å². The van der Waals surface area contributed by atoms with E-state index in [2.05, 4.69) is 10.4 Å². The van der Waals surface area contributed by atoms with Crippen LogP contribution in [0.25, 0.3) is 0 Å². The first kappa shape index (κ1) is 17.9. The topological polar surface area (TPSA) is 70.5 Å². The molecule has 1 fully saturated rings. The maximum atomic E-state index is 13.1. The molecule has 0 unspecified atom stereocenters. The second kappa shape index (κ2) is 7.56. The summed E-state index contributed by atoms with van der Waals surface area (Å²) in [5.74, 6) is 0.0556. The molecule has 1 aromatic rings. The van der Waals surface area contributed by atoms with E-state index < -0.39 is 0 Å². The summed E-state index contributed by atoms with van der Waals surface area (Å²) in [4.78, 5) is 29.4. The first-order chi connectivity index (χ1) is 12.1. The highest BCUT2D eigenvalue weighted by molar-refractivity contribution is 5.94. The highest BCUT2D eigenvalue weighted by Gasteiger charge is 2.33. The Balaban J connectivity index is 1.76. The number of hydrogen-bond donors (Lipinski definition) is 1.